The lowest BCUT2D eigenvalue weighted by Gasteiger charge is -2.37. The topological polar surface area (TPSA) is 112 Å². The lowest BCUT2D eigenvalue weighted by molar-refractivity contribution is -0.125. The summed E-state index contributed by atoms with van der Waals surface area (Å²) < 4.78 is 33.4. The van der Waals surface area contributed by atoms with Gasteiger partial charge in [0.05, 0.1) is 46.9 Å². The maximum Gasteiger partial charge on any atom is 0.257 e. The molecular weight excluding hydrogens is 542 g/mol. The fourth-order valence-electron chi connectivity index (χ4n) is 5.83. The van der Waals surface area contributed by atoms with Crippen LogP contribution in [0.5, 0.6) is 5.75 Å². The van der Waals surface area contributed by atoms with Gasteiger partial charge < -0.3 is 19.4 Å². The van der Waals surface area contributed by atoms with E-state index in [0.717, 1.165) is 59.8 Å². The van der Waals surface area contributed by atoms with Crippen molar-refractivity contribution in [2.45, 2.75) is 31.1 Å². The summed E-state index contributed by atoms with van der Waals surface area (Å²) in [6, 6.07) is 9.24. The van der Waals surface area contributed by atoms with Crippen LogP contribution in [0.4, 0.5) is 11.4 Å². The van der Waals surface area contributed by atoms with Crippen molar-refractivity contribution in [3.05, 3.63) is 47.7 Å². The van der Waals surface area contributed by atoms with E-state index in [1.54, 1.807) is 44.4 Å². The number of hydrogen-bond acceptors (Lipinski definition) is 7. The smallest absolute Gasteiger partial charge is 0.257 e. The summed E-state index contributed by atoms with van der Waals surface area (Å²) in [5.74, 6) is -0.0108. The quantitative estimate of drug-likeness (QED) is 0.385. The number of hydrogen-bond donors (Lipinski definition) is 1. The maximum absolute atomic E-state index is 13.4. The molecular formula is C30H37N5O5S. The Balaban J connectivity index is 1.67. The van der Waals surface area contributed by atoms with Crippen LogP contribution in [0.15, 0.2) is 36.5 Å². The Bertz CT molecular complexity index is 1650. The van der Waals surface area contributed by atoms with Gasteiger partial charge in [0.25, 0.3) is 5.91 Å². The van der Waals surface area contributed by atoms with Gasteiger partial charge in [0, 0.05) is 38.6 Å². The molecule has 10 nitrogen and oxygen atoms in total. The summed E-state index contributed by atoms with van der Waals surface area (Å²) in [6.07, 6.45) is 6.13. The molecule has 41 heavy (non-hydrogen) atoms. The Morgan fingerprint density at radius 1 is 1.12 bits per heavy atom. The molecule has 1 N–H and O–H groups in total. The van der Waals surface area contributed by atoms with Crippen molar-refractivity contribution in [2.24, 2.45) is 0 Å². The third kappa shape index (κ3) is 5.24. The number of nitrogens with one attached hydrogen (secondary N) is 1. The van der Waals surface area contributed by atoms with Gasteiger partial charge in [-0.25, -0.2) is 8.42 Å². The number of ether oxygens (including phenoxy) is 1. The predicted molar refractivity (Wildman–Crippen MR) is 161 cm³/mol. The van der Waals surface area contributed by atoms with Crippen molar-refractivity contribution >= 4 is 44.1 Å². The van der Waals surface area contributed by atoms with E-state index in [1.807, 2.05) is 37.2 Å². The molecule has 2 amide bonds. The summed E-state index contributed by atoms with van der Waals surface area (Å²) in [5.41, 5.74) is 3.94. The van der Waals surface area contributed by atoms with Gasteiger partial charge in [0.15, 0.2) is 5.75 Å². The highest BCUT2D eigenvalue weighted by Gasteiger charge is 2.54. The molecule has 1 aliphatic heterocycles. The van der Waals surface area contributed by atoms with Gasteiger partial charge in [-0.2, -0.15) is 0 Å². The number of sulfonamides is 1. The van der Waals surface area contributed by atoms with Crippen molar-refractivity contribution in [3.63, 3.8) is 0 Å². The standard InChI is InChI=1S/C30H37N5O5S/c1-33(2)13-8-14-40-27-22(28(36)34(3)4)16-20(17-24(27)32-41(6,38)39)19-9-10-23-21(15-19)26-25(18-31-23)35(5)29(37)30(26)11-7-12-30/h9-10,15-18,32H,7-8,11-14H2,1-6H3. The van der Waals surface area contributed by atoms with Crippen LogP contribution in [0.2, 0.25) is 0 Å². The summed E-state index contributed by atoms with van der Waals surface area (Å²) in [5, 5.41) is 0.888. The molecule has 0 atom stereocenters. The van der Waals surface area contributed by atoms with E-state index in [1.165, 1.54) is 4.90 Å². The number of carbonyl (C=O) groups excluding carboxylic acids is 2. The van der Waals surface area contributed by atoms with Crippen LogP contribution in [0.3, 0.4) is 0 Å². The van der Waals surface area contributed by atoms with Gasteiger partial charge in [0.2, 0.25) is 15.9 Å². The third-order valence-corrected chi connectivity index (χ3v) is 8.55. The van der Waals surface area contributed by atoms with Crippen molar-refractivity contribution < 1.29 is 22.7 Å². The second-order valence-electron chi connectivity index (χ2n) is 11.5. The highest BCUT2D eigenvalue weighted by atomic mass is 32.2. The lowest BCUT2D eigenvalue weighted by Crippen LogP contribution is -2.43. The predicted octanol–water partition coefficient (Wildman–Crippen LogP) is 3.70. The summed E-state index contributed by atoms with van der Waals surface area (Å²) in [6.45, 7) is 1.08. The molecule has 2 heterocycles. The third-order valence-electron chi connectivity index (χ3n) is 7.96. The molecule has 0 radical (unpaired) electrons. The van der Waals surface area contributed by atoms with Gasteiger partial charge in [-0.1, -0.05) is 12.5 Å². The number of rotatable bonds is 9. The largest absolute Gasteiger partial charge is 0.490 e. The first-order chi connectivity index (χ1) is 19.3. The van der Waals surface area contributed by atoms with E-state index in [-0.39, 0.29) is 28.8 Å². The van der Waals surface area contributed by atoms with Crippen LogP contribution in [0.1, 0.15) is 41.6 Å². The molecule has 1 saturated carbocycles. The Morgan fingerprint density at radius 2 is 1.85 bits per heavy atom. The summed E-state index contributed by atoms with van der Waals surface area (Å²) in [4.78, 5) is 36.5. The first kappa shape index (κ1) is 28.8. The normalized spacial score (nSPS) is 15.8. The van der Waals surface area contributed by atoms with Crippen LogP contribution in [0.25, 0.3) is 22.0 Å². The molecule has 1 spiro atoms. The van der Waals surface area contributed by atoms with Gasteiger partial charge in [-0.05, 0) is 68.8 Å². The monoisotopic (exact) mass is 579 g/mol. The number of amides is 2. The van der Waals surface area contributed by atoms with Crippen LogP contribution in [-0.2, 0) is 20.2 Å². The number of fused-ring (bicyclic) bond motifs is 4. The average molecular weight is 580 g/mol. The molecule has 11 heteroatoms. The second kappa shape index (κ2) is 10.6. The van der Waals surface area contributed by atoms with Crippen molar-refractivity contribution in [1.29, 1.82) is 0 Å². The van der Waals surface area contributed by atoms with Crippen LogP contribution in [0, 0.1) is 0 Å². The molecule has 1 aromatic heterocycles. The highest BCUT2D eigenvalue weighted by Crippen LogP contribution is 2.55. The number of aromatic nitrogens is 1. The number of nitrogens with zero attached hydrogens (tertiary/aromatic N) is 4. The Hall–Kier alpha value is -3.70. The fraction of sp³-hybridized carbons (Fsp3) is 0.433. The first-order valence-corrected chi connectivity index (χ1v) is 15.6. The molecule has 1 aliphatic carbocycles. The lowest BCUT2D eigenvalue weighted by atomic mass is 9.64. The van der Waals surface area contributed by atoms with E-state index in [2.05, 4.69) is 9.71 Å². The van der Waals surface area contributed by atoms with Crippen LogP contribution >= 0.6 is 0 Å². The van der Waals surface area contributed by atoms with Gasteiger partial charge in [-0.15, -0.1) is 0 Å². The highest BCUT2D eigenvalue weighted by molar-refractivity contribution is 7.92. The van der Waals surface area contributed by atoms with Crippen molar-refractivity contribution in [1.82, 2.24) is 14.8 Å². The summed E-state index contributed by atoms with van der Waals surface area (Å²) in [7, 11) is 5.32. The van der Waals surface area contributed by atoms with E-state index in [9.17, 15) is 18.0 Å². The van der Waals surface area contributed by atoms with Gasteiger partial charge in [-0.3, -0.25) is 19.3 Å². The minimum absolute atomic E-state index is 0.104. The molecule has 0 bridgehead atoms. The van der Waals surface area contributed by atoms with Crippen LogP contribution in [-0.4, -0.2) is 89.7 Å². The van der Waals surface area contributed by atoms with E-state index in [0.29, 0.717) is 18.6 Å². The summed E-state index contributed by atoms with van der Waals surface area (Å²) >= 11 is 0. The average Bonchev–Trinajstić information content (AvgIpc) is 3.12. The second-order valence-corrected chi connectivity index (χ2v) is 13.3. The van der Waals surface area contributed by atoms with E-state index >= 15 is 0 Å². The Kier molecular flexibility index (Phi) is 7.46. The molecule has 218 valence electrons. The zero-order valence-electron chi connectivity index (χ0n) is 24.4. The number of anilines is 2. The Labute approximate surface area is 241 Å². The first-order valence-electron chi connectivity index (χ1n) is 13.7. The van der Waals surface area contributed by atoms with Crippen LogP contribution < -0.4 is 14.4 Å². The Morgan fingerprint density at radius 3 is 2.46 bits per heavy atom. The number of carbonyl (C=O) groups is 2. The van der Waals surface area contributed by atoms with Gasteiger partial charge >= 0.3 is 0 Å². The number of pyridine rings is 1. The molecule has 0 unspecified atom stereocenters. The molecule has 2 aromatic carbocycles. The van der Waals surface area contributed by atoms with E-state index in [4.69, 9.17) is 4.74 Å². The molecule has 1 fully saturated rings. The fourth-order valence-corrected chi connectivity index (χ4v) is 6.38. The zero-order valence-corrected chi connectivity index (χ0v) is 25.3. The maximum atomic E-state index is 13.4. The molecule has 0 saturated heterocycles. The van der Waals surface area contributed by atoms with Crippen molar-refractivity contribution in [2.75, 3.05) is 64.3 Å². The van der Waals surface area contributed by atoms with Gasteiger partial charge in [0.1, 0.15) is 0 Å². The molecule has 5 rings (SSSR count). The zero-order chi connectivity index (χ0) is 29.7. The SMILES string of the molecule is CN(C)CCCOc1c(NS(C)(=O)=O)cc(-c2ccc3ncc4c(c3c2)C2(CCC2)C(=O)N4C)cc1C(=O)N(C)C. The molecule has 3 aromatic rings. The van der Waals surface area contributed by atoms with E-state index < -0.39 is 15.4 Å². The number of likely N-dealkylation sites (N-methyl/N-ethyl adjacent to an activating group) is 1. The minimum atomic E-state index is -3.69. The number of benzene rings is 2. The van der Waals surface area contributed by atoms with Crippen molar-refractivity contribution in [3.8, 4) is 16.9 Å². The minimum Gasteiger partial charge on any atom is -0.490 e. The molecule has 2 aliphatic rings.